The highest BCUT2D eigenvalue weighted by Gasteiger charge is 2.25. The van der Waals surface area contributed by atoms with Gasteiger partial charge in [0.1, 0.15) is 5.69 Å². The van der Waals surface area contributed by atoms with Gasteiger partial charge < -0.3 is 10.1 Å². The molecule has 0 radical (unpaired) electrons. The average Bonchev–Trinajstić information content (AvgIpc) is 2.83. The second-order valence-electron chi connectivity index (χ2n) is 4.78. The van der Waals surface area contributed by atoms with E-state index < -0.39 is 0 Å². The molecular formula is C12H17N3OS. The van der Waals surface area contributed by atoms with E-state index in [1.807, 2.05) is 0 Å². The number of fused-ring (bicyclic) bond motifs is 1. The molecule has 5 heteroatoms. The molecule has 0 spiro atoms. The van der Waals surface area contributed by atoms with Crippen LogP contribution in [0, 0.1) is 5.92 Å². The molecule has 0 amide bonds. The molecule has 1 aliphatic rings. The molecule has 17 heavy (non-hydrogen) atoms. The molecule has 0 aliphatic heterocycles. The fourth-order valence-electron chi connectivity index (χ4n) is 2.45. The quantitative estimate of drug-likeness (QED) is 0.906. The molecule has 0 aromatic carbocycles. The van der Waals surface area contributed by atoms with Gasteiger partial charge in [-0.2, -0.15) is 4.98 Å². The van der Waals surface area contributed by atoms with Crippen molar-refractivity contribution in [3.8, 4) is 5.88 Å². The SMILES string of the molecule is COc1nc2sccn2c1CNC1CC(C)C1. The van der Waals surface area contributed by atoms with Gasteiger partial charge in [0.2, 0.25) is 5.88 Å². The highest BCUT2D eigenvalue weighted by atomic mass is 32.1. The van der Waals surface area contributed by atoms with E-state index in [-0.39, 0.29) is 0 Å². The van der Waals surface area contributed by atoms with Gasteiger partial charge in [0, 0.05) is 24.2 Å². The zero-order valence-electron chi connectivity index (χ0n) is 10.1. The van der Waals surface area contributed by atoms with E-state index in [9.17, 15) is 0 Å². The number of imidazole rings is 1. The number of hydrogen-bond acceptors (Lipinski definition) is 4. The first-order valence-electron chi connectivity index (χ1n) is 5.99. The predicted octanol–water partition coefficient (Wildman–Crippen LogP) is 2.29. The molecule has 2 aromatic rings. The molecular weight excluding hydrogens is 234 g/mol. The summed E-state index contributed by atoms with van der Waals surface area (Å²) in [5.74, 6) is 1.62. The summed E-state index contributed by atoms with van der Waals surface area (Å²) in [6.45, 7) is 3.13. The summed E-state index contributed by atoms with van der Waals surface area (Å²) in [5, 5.41) is 5.62. The average molecular weight is 251 g/mol. The maximum absolute atomic E-state index is 5.33. The van der Waals surface area contributed by atoms with Crippen LogP contribution in [0.2, 0.25) is 0 Å². The fraction of sp³-hybridized carbons (Fsp3) is 0.583. The number of hydrogen-bond donors (Lipinski definition) is 1. The van der Waals surface area contributed by atoms with Crippen LogP contribution in [0.15, 0.2) is 11.6 Å². The van der Waals surface area contributed by atoms with Crippen molar-refractivity contribution in [2.45, 2.75) is 32.4 Å². The lowest BCUT2D eigenvalue weighted by molar-refractivity contribution is 0.238. The van der Waals surface area contributed by atoms with Crippen molar-refractivity contribution in [1.82, 2.24) is 14.7 Å². The zero-order valence-corrected chi connectivity index (χ0v) is 11.0. The van der Waals surface area contributed by atoms with Crippen molar-refractivity contribution in [2.75, 3.05) is 7.11 Å². The van der Waals surface area contributed by atoms with E-state index in [0.717, 1.165) is 29.0 Å². The maximum Gasteiger partial charge on any atom is 0.237 e. The van der Waals surface area contributed by atoms with Crippen molar-refractivity contribution < 1.29 is 4.74 Å². The van der Waals surface area contributed by atoms with Gasteiger partial charge in [0.25, 0.3) is 0 Å². The van der Waals surface area contributed by atoms with Gasteiger partial charge in [-0.25, -0.2) is 0 Å². The van der Waals surface area contributed by atoms with E-state index in [1.165, 1.54) is 12.8 Å². The Hall–Kier alpha value is -1.07. The summed E-state index contributed by atoms with van der Waals surface area (Å²) in [5.41, 5.74) is 1.13. The van der Waals surface area contributed by atoms with Gasteiger partial charge in [-0.15, -0.1) is 11.3 Å². The van der Waals surface area contributed by atoms with Crippen LogP contribution in [0.4, 0.5) is 0 Å². The molecule has 2 aromatic heterocycles. The van der Waals surface area contributed by atoms with Crippen molar-refractivity contribution in [3.05, 3.63) is 17.3 Å². The molecule has 1 aliphatic carbocycles. The number of methoxy groups -OCH3 is 1. The molecule has 92 valence electrons. The van der Waals surface area contributed by atoms with Crippen molar-refractivity contribution in [1.29, 1.82) is 0 Å². The van der Waals surface area contributed by atoms with Crippen molar-refractivity contribution in [2.24, 2.45) is 5.92 Å². The molecule has 1 saturated carbocycles. The number of rotatable bonds is 4. The third kappa shape index (κ3) is 1.93. The van der Waals surface area contributed by atoms with E-state index in [2.05, 4.69) is 33.2 Å². The minimum atomic E-state index is 0.666. The summed E-state index contributed by atoms with van der Waals surface area (Å²) in [6.07, 6.45) is 4.62. The summed E-state index contributed by atoms with van der Waals surface area (Å²) in [7, 11) is 1.68. The Morgan fingerprint density at radius 1 is 1.59 bits per heavy atom. The lowest BCUT2D eigenvalue weighted by Gasteiger charge is -2.33. The topological polar surface area (TPSA) is 38.6 Å². The van der Waals surface area contributed by atoms with Gasteiger partial charge in [-0.05, 0) is 18.8 Å². The summed E-state index contributed by atoms with van der Waals surface area (Å²) in [6, 6.07) is 0.666. The van der Waals surface area contributed by atoms with Gasteiger partial charge in [0.15, 0.2) is 4.96 Å². The second-order valence-corrected chi connectivity index (χ2v) is 5.65. The number of nitrogens with one attached hydrogen (secondary N) is 1. The monoisotopic (exact) mass is 251 g/mol. The van der Waals surface area contributed by atoms with Gasteiger partial charge in [-0.1, -0.05) is 6.92 Å². The van der Waals surface area contributed by atoms with E-state index in [1.54, 1.807) is 18.4 Å². The molecule has 0 atom stereocenters. The molecule has 4 nitrogen and oxygen atoms in total. The second kappa shape index (κ2) is 4.31. The molecule has 0 unspecified atom stereocenters. The molecule has 0 bridgehead atoms. The normalized spacial score (nSPS) is 23.9. The fourth-order valence-corrected chi connectivity index (χ4v) is 3.17. The van der Waals surface area contributed by atoms with Gasteiger partial charge >= 0.3 is 0 Å². The molecule has 0 saturated heterocycles. The highest BCUT2D eigenvalue weighted by Crippen LogP contribution is 2.28. The minimum absolute atomic E-state index is 0.666. The Kier molecular flexibility index (Phi) is 2.80. The Morgan fingerprint density at radius 2 is 2.41 bits per heavy atom. The van der Waals surface area contributed by atoms with Crippen LogP contribution >= 0.6 is 11.3 Å². The predicted molar refractivity (Wildman–Crippen MR) is 68.6 cm³/mol. The zero-order chi connectivity index (χ0) is 11.8. The van der Waals surface area contributed by atoms with E-state index in [0.29, 0.717) is 6.04 Å². The van der Waals surface area contributed by atoms with Crippen LogP contribution in [-0.2, 0) is 6.54 Å². The summed E-state index contributed by atoms with van der Waals surface area (Å²) >= 11 is 1.64. The van der Waals surface area contributed by atoms with Crippen LogP contribution in [0.5, 0.6) is 5.88 Å². The Morgan fingerprint density at radius 3 is 3.12 bits per heavy atom. The Labute approximate surface area is 105 Å². The minimum Gasteiger partial charge on any atom is -0.480 e. The number of aromatic nitrogens is 2. The first-order chi connectivity index (χ1) is 8.28. The standard InChI is InChI=1S/C12H17N3OS/c1-8-5-9(6-8)13-7-10-11(16-2)14-12-15(10)3-4-17-12/h3-4,8-9,13H,5-7H2,1-2H3. The van der Waals surface area contributed by atoms with Crippen LogP contribution < -0.4 is 10.1 Å². The number of ether oxygens (including phenoxy) is 1. The first-order valence-corrected chi connectivity index (χ1v) is 6.87. The third-order valence-corrected chi connectivity index (χ3v) is 4.21. The highest BCUT2D eigenvalue weighted by molar-refractivity contribution is 7.15. The van der Waals surface area contributed by atoms with Crippen molar-refractivity contribution in [3.63, 3.8) is 0 Å². The third-order valence-electron chi connectivity index (χ3n) is 3.45. The van der Waals surface area contributed by atoms with Gasteiger partial charge in [-0.3, -0.25) is 4.40 Å². The Bertz CT molecular complexity index is 513. The Balaban J connectivity index is 1.76. The summed E-state index contributed by atoms with van der Waals surface area (Å²) < 4.78 is 7.44. The lowest BCUT2D eigenvalue weighted by atomic mass is 9.82. The summed E-state index contributed by atoms with van der Waals surface area (Å²) in [4.78, 5) is 5.45. The van der Waals surface area contributed by atoms with Crippen LogP contribution in [0.1, 0.15) is 25.5 Å². The van der Waals surface area contributed by atoms with Crippen LogP contribution in [0.3, 0.4) is 0 Å². The lowest BCUT2D eigenvalue weighted by Crippen LogP contribution is -2.39. The molecule has 1 fully saturated rings. The molecule has 1 N–H and O–H groups in total. The van der Waals surface area contributed by atoms with Crippen LogP contribution in [0.25, 0.3) is 4.96 Å². The van der Waals surface area contributed by atoms with Gasteiger partial charge in [0.05, 0.1) is 7.11 Å². The van der Waals surface area contributed by atoms with E-state index in [4.69, 9.17) is 4.74 Å². The number of nitrogens with zero attached hydrogens (tertiary/aromatic N) is 2. The van der Waals surface area contributed by atoms with Crippen LogP contribution in [-0.4, -0.2) is 22.5 Å². The molecule has 2 heterocycles. The smallest absolute Gasteiger partial charge is 0.237 e. The maximum atomic E-state index is 5.33. The first kappa shape index (κ1) is 11.0. The molecule has 3 rings (SSSR count). The number of thiazole rings is 1. The van der Waals surface area contributed by atoms with Crippen molar-refractivity contribution >= 4 is 16.3 Å². The largest absolute Gasteiger partial charge is 0.480 e. The van der Waals surface area contributed by atoms with E-state index >= 15 is 0 Å².